The summed E-state index contributed by atoms with van der Waals surface area (Å²) in [6, 6.07) is 14.1. The van der Waals surface area contributed by atoms with Gasteiger partial charge in [0, 0.05) is 29.4 Å². The number of hydrogen-bond donors (Lipinski definition) is 1. The first kappa shape index (κ1) is 21.9. The number of halogens is 1. The number of carbonyl (C=O) groups excluding carboxylic acids is 1. The first-order chi connectivity index (χ1) is 14.0. The van der Waals surface area contributed by atoms with Crippen LogP contribution in [0.5, 0.6) is 5.75 Å². The number of ether oxygens (including phenoxy) is 1. The fraction of sp³-hybridized carbons (Fsp3) is 0.217. The predicted octanol–water partition coefficient (Wildman–Crippen LogP) is 4.97. The van der Waals surface area contributed by atoms with Gasteiger partial charge in [0.2, 0.25) is 5.91 Å². The fourth-order valence-corrected chi connectivity index (χ4v) is 4.08. The molecule has 1 amide bonds. The molecule has 156 valence electrons. The Kier molecular flexibility index (Phi) is 6.80. The van der Waals surface area contributed by atoms with Crippen molar-refractivity contribution in [3.8, 4) is 17.0 Å². The van der Waals surface area contributed by atoms with Gasteiger partial charge in [-0.25, -0.2) is 4.98 Å². The van der Waals surface area contributed by atoms with Crippen molar-refractivity contribution in [2.24, 2.45) is 0 Å². The number of thiazole rings is 1. The van der Waals surface area contributed by atoms with Gasteiger partial charge in [0.25, 0.3) is 0 Å². The highest BCUT2D eigenvalue weighted by Gasteiger charge is 2.13. The van der Waals surface area contributed by atoms with E-state index in [-0.39, 0.29) is 18.3 Å². The summed E-state index contributed by atoms with van der Waals surface area (Å²) in [4.78, 5) is 18.1. The van der Waals surface area contributed by atoms with Gasteiger partial charge in [0.05, 0.1) is 19.2 Å². The number of fused-ring (bicyclic) bond motifs is 1. The van der Waals surface area contributed by atoms with Crippen LogP contribution in [0, 0.1) is 13.8 Å². The number of benzene rings is 2. The maximum atomic E-state index is 12.5. The van der Waals surface area contributed by atoms with Crippen LogP contribution in [0.25, 0.3) is 16.2 Å². The first-order valence-electron chi connectivity index (χ1n) is 9.46. The van der Waals surface area contributed by atoms with Crippen molar-refractivity contribution in [1.29, 1.82) is 0 Å². The van der Waals surface area contributed by atoms with Crippen LogP contribution in [0.15, 0.2) is 54.0 Å². The number of rotatable bonds is 6. The summed E-state index contributed by atoms with van der Waals surface area (Å²) in [7, 11) is 1.64. The van der Waals surface area contributed by atoms with Crippen molar-refractivity contribution < 1.29 is 9.53 Å². The molecule has 2 heterocycles. The Morgan fingerprint density at radius 1 is 1.17 bits per heavy atom. The predicted molar refractivity (Wildman–Crippen MR) is 124 cm³/mol. The number of nitrogens with zero attached hydrogens (tertiary/aromatic N) is 2. The van der Waals surface area contributed by atoms with Gasteiger partial charge in [0.15, 0.2) is 4.96 Å². The summed E-state index contributed by atoms with van der Waals surface area (Å²) >= 11 is 1.55. The standard InChI is InChI=1S/C23H23N3O2S.ClH/c1-15-7-8-18(9-16(15)2)21-13-26-19(14-29-23(26)25-21)11-22(27)24-12-17-5-4-6-20(10-17)28-3;/h4-10,13-14H,11-12H2,1-3H3,(H,24,27);1H. The molecular weight excluding hydrogens is 418 g/mol. The van der Waals surface area contributed by atoms with Crippen molar-refractivity contribution >= 4 is 34.6 Å². The largest absolute Gasteiger partial charge is 0.497 e. The van der Waals surface area contributed by atoms with Gasteiger partial charge in [-0.1, -0.05) is 24.3 Å². The minimum absolute atomic E-state index is 0. The van der Waals surface area contributed by atoms with E-state index >= 15 is 0 Å². The molecule has 0 bridgehead atoms. The molecule has 0 radical (unpaired) electrons. The molecule has 4 aromatic rings. The number of amides is 1. The lowest BCUT2D eigenvalue weighted by Crippen LogP contribution is -2.25. The topological polar surface area (TPSA) is 55.6 Å². The first-order valence-corrected chi connectivity index (χ1v) is 10.3. The quantitative estimate of drug-likeness (QED) is 0.459. The van der Waals surface area contributed by atoms with Crippen LogP contribution in [0.4, 0.5) is 0 Å². The van der Waals surface area contributed by atoms with Gasteiger partial charge in [-0.05, 0) is 48.7 Å². The third-order valence-electron chi connectivity index (χ3n) is 5.05. The van der Waals surface area contributed by atoms with Crippen LogP contribution in [-0.4, -0.2) is 22.4 Å². The van der Waals surface area contributed by atoms with Crippen LogP contribution < -0.4 is 10.1 Å². The zero-order valence-electron chi connectivity index (χ0n) is 17.1. The average Bonchev–Trinajstić information content (AvgIpc) is 3.31. The minimum atomic E-state index is -0.0195. The SMILES string of the molecule is COc1cccc(CNC(=O)Cc2csc3nc(-c4ccc(C)c(C)c4)cn23)c1.Cl. The highest BCUT2D eigenvalue weighted by molar-refractivity contribution is 7.15. The highest BCUT2D eigenvalue weighted by Crippen LogP contribution is 2.25. The summed E-state index contributed by atoms with van der Waals surface area (Å²) in [5.74, 6) is 0.766. The van der Waals surface area contributed by atoms with Crippen LogP contribution >= 0.6 is 23.7 Å². The summed E-state index contributed by atoms with van der Waals surface area (Å²) in [6.45, 7) is 4.68. The monoisotopic (exact) mass is 441 g/mol. The van der Waals surface area contributed by atoms with E-state index in [1.54, 1.807) is 18.4 Å². The van der Waals surface area contributed by atoms with Crippen LogP contribution in [0.1, 0.15) is 22.4 Å². The number of imidazole rings is 1. The Morgan fingerprint density at radius 2 is 2.00 bits per heavy atom. The summed E-state index contributed by atoms with van der Waals surface area (Å²) in [6.07, 6.45) is 2.33. The van der Waals surface area contributed by atoms with E-state index in [0.29, 0.717) is 13.0 Å². The van der Waals surface area contributed by atoms with Crippen LogP contribution in [0.3, 0.4) is 0 Å². The molecule has 0 unspecified atom stereocenters. The molecule has 1 N–H and O–H groups in total. The molecule has 0 saturated heterocycles. The molecule has 2 aromatic heterocycles. The number of aromatic nitrogens is 2. The summed E-state index contributed by atoms with van der Waals surface area (Å²) in [5, 5.41) is 4.98. The van der Waals surface area contributed by atoms with E-state index < -0.39 is 0 Å². The van der Waals surface area contributed by atoms with Gasteiger partial charge in [-0.2, -0.15) is 0 Å². The molecular formula is C23H24ClN3O2S. The van der Waals surface area contributed by atoms with Crippen LogP contribution in [-0.2, 0) is 17.8 Å². The lowest BCUT2D eigenvalue weighted by Gasteiger charge is -2.07. The lowest BCUT2D eigenvalue weighted by molar-refractivity contribution is -0.120. The zero-order chi connectivity index (χ0) is 20.4. The maximum Gasteiger partial charge on any atom is 0.226 e. The molecule has 0 aliphatic rings. The molecule has 0 atom stereocenters. The van der Waals surface area contributed by atoms with E-state index in [1.165, 1.54) is 11.1 Å². The van der Waals surface area contributed by atoms with Gasteiger partial charge in [-0.3, -0.25) is 9.20 Å². The van der Waals surface area contributed by atoms with Gasteiger partial charge in [-0.15, -0.1) is 23.7 Å². The molecule has 2 aromatic carbocycles. The van der Waals surface area contributed by atoms with E-state index in [4.69, 9.17) is 9.72 Å². The normalized spacial score (nSPS) is 10.6. The Hall–Kier alpha value is -2.83. The third-order valence-corrected chi connectivity index (χ3v) is 5.94. The lowest BCUT2D eigenvalue weighted by atomic mass is 10.0. The average molecular weight is 442 g/mol. The summed E-state index contributed by atoms with van der Waals surface area (Å²) in [5.41, 5.74) is 6.48. The number of carbonyl (C=O) groups is 1. The summed E-state index contributed by atoms with van der Waals surface area (Å²) < 4.78 is 7.24. The number of hydrogen-bond acceptors (Lipinski definition) is 4. The van der Waals surface area contributed by atoms with Crippen molar-refractivity contribution in [2.45, 2.75) is 26.8 Å². The van der Waals surface area contributed by atoms with Crippen LogP contribution in [0.2, 0.25) is 0 Å². The van der Waals surface area contributed by atoms with Crippen molar-refractivity contribution in [3.63, 3.8) is 0 Å². The van der Waals surface area contributed by atoms with E-state index in [9.17, 15) is 4.79 Å². The molecule has 4 rings (SSSR count). The van der Waals surface area contributed by atoms with Gasteiger partial charge in [0.1, 0.15) is 5.75 Å². The molecule has 7 heteroatoms. The third kappa shape index (κ3) is 4.66. The van der Waals surface area contributed by atoms with E-state index in [2.05, 4.69) is 37.4 Å². The molecule has 0 aliphatic carbocycles. The number of nitrogens with one attached hydrogen (secondary N) is 1. The Bertz CT molecular complexity index is 1180. The fourth-order valence-electron chi connectivity index (χ4n) is 3.21. The molecule has 0 saturated carbocycles. The minimum Gasteiger partial charge on any atom is -0.497 e. The number of methoxy groups -OCH3 is 1. The Morgan fingerprint density at radius 3 is 2.77 bits per heavy atom. The van der Waals surface area contributed by atoms with Gasteiger partial charge >= 0.3 is 0 Å². The Balaban J connectivity index is 0.00000256. The van der Waals surface area contributed by atoms with Gasteiger partial charge < -0.3 is 10.1 Å². The van der Waals surface area contributed by atoms with E-state index in [1.807, 2.05) is 40.2 Å². The van der Waals surface area contributed by atoms with Crippen molar-refractivity contribution in [2.75, 3.05) is 7.11 Å². The van der Waals surface area contributed by atoms with E-state index in [0.717, 1.165) is 33.2 Å². The molecule has 5 nitrogen and oxygen atoms in total. The van der Waals surface area contributed by atoms with Crippen molar-refractivity contribution in [1.82, 2.24) is 14.7 Å². The molecule has 30 heavy (non-hydrogen) atoms. The second kappa shape index (κ2) is 9.32. The zero-order valence-corrected chi connectivity index (χ0v) is 18.8. The highest BCUT2D eigenvalue weighted by atomic mass is 35.5. The maximum absolute atomic E-state index is 12.5. The second-order valence-corrected chi connectivity index (χ2v) is 7.95. The smallest absolute Gasteiger partial charge is 0.226 e. The molecule has 0 aliphatic heterocycles. The Labute approximate surface area is 186 Å². The molecule has 0 spiro atoms. The second-order valence-electron chi connectivity index (χ2n) is 7.11. The van der Waals surface area contributed by atoms with Crippen molar-refractivity contribution in [3.05, 3.63) is 76.4 Å². The number of aryl methyl sites for hydroxylation is 2. The molecule has 0 fully saturated rings.